The molecule has 1 aliphatic heterocycles. The molecule has 4 nitrogen and oxygen atoms in total. The fraction of sp³-hybridized carbons (Fsp3) is 0.529. The summed E-state index contributed by atoms with van der Waals surface area (Å²) in [7, 11) is 0. The van der Waals surface area contributed by atoms with E-state index in [1.54, 1.807) is 11.9 Å². The number of hydrogen-bond donors (Lipinski definition) is 2. The van der Waals surface area contributed by atoms with Crippen LogP contribution in [0.15, 0.2) is 23.2 Å². The van der Waals surface area contributed by atoms with Gasteiger partial charge in [0.2, 0.25) is 0 Å². The molecule has 1 aromatic carbocycles. The molecule has 1 aromatic rings. The normalized spacial score (nSPS) is 24.2. The summed E-state index contributed by atoms with van der Waals surface area (Å²) in [6.07, 6.45) is -0.110. The van der Waals surface area contributed by atoms with Crippen LogP contribution in [0.4, 0.5) is 17.6 Å². The van der Waals surface area contributed by atoms with Crippen LogP contribution in [0.2, 0.25) is 0 Å². The van der Waals surface area contributed by atoms with Gasteiger partial charge in [0.15, 0.2) is 0 Å². The largest absolute Gasteiger partial charge is 0.417 e. The zero-order valence-corrected chi connectivity index (χ0v) is 14.7. The smallest absolute Gasteiger partial charge is 0.350 e. The van der Waals surface area contributed by atoms with Crippen molar-refractivity contribution in [3.05, 3.63) is 35.1 Å². The molecule has 2 unspecified atom stereocenters. The van der Waals surface area contributed by atoms with Crippen molar-refractivity contribution < 1.29 is 22.4 Å². The van der Waals surface area contributed by atoms with Gasteiger partial charge in [-0.15, -0.1) is 0 Å². The lowest BCUT2D eigenvalue weighted by molar-refractivity contribution is -0.138. The van der Waals surface area contributed by atoms with E-state index in [0.717, 1.165) is 18.7 Å². The lowest BCUT2D eigenvalue weighted by Gasteiger charge is -2.22. The Labute approximate surface area is 153 Å². The van der Waals surface area contributed by atoms with Gasteiger partial charge >= 0.3 is 6.18 Å². The van der Waals surface area contributed by atoms with Gasteiger partial charge in [0.25, 0.3) is 5.91 Å². The third-order valence-electron chi connectivity index (χ3n) is 4.58. The molecule has 0 bridgehead atoms. The van der Waals surface area contributed by atoms with Crippen LogP contribution in [0.3, 0.4) is 0 Å². The number of nitrogens with zero attached hydrogens (tertiary/aromatic N) is 1. The first-order valence-corrected chi connectivity index (χ1v) is 9.35. The Kier molecular flexibility index (Phi) is 5.74. The maximum Gasteiger partial charge on any atom is 0.417 e. The molecule has 9 heteroatoms. The Morgan fingerprint density at radius 1 is 1.31 bits per heavy atom. The zero-order valence-electron chi connectivity index (χ0n) is 13.9. The van der Waals surface area contributed by atoms with Crippen LogP contribution in [0.25, 0.3) is 0 Å². The Bertz CT molecular complexity index is 708. The van der Waals surface area contributed by atoms with E-state index in [0.29, 0.717) is 29.4 Å². The number of rotatable bonds is 4. The SMILES string of the molecule is O=C(NCCN=C1NSC2CCCCC12)c1cc(F)ccc1C(F)(F)F. The maximum absolute atomic E-state index is 13.3. The Morgan fingerprint density at radius 2 is 2.08 bits per heavy atom. The lowest BCUT2D eigenvalue weighted by Crippen LogP contribution is -2.30. The van der Waals surface area contributed by atoms with Gasteiger partial charge in [-0.1, -0.05) is 12.8 Å². The Hall–Kier alpha value is -1.77. The van der Waals surface area contributed by atoms with Crippen molar-refractivity contribution >= 4 is 23.7 Å². The van der Waals surface area contributed by atoms with E-state index >= 15 is 0 Å². The van der Waals surface area contributed by atoms with Crippen molar-refractivity contribution in [1.82, 2.24) is 10.0 Å². The second-order valence-electron chi connectivity index (χ2n) is 6.36. The van der Waals surface area contributed by atoms with Gasteiger partial charge in [-0.2, -0.15) is 13.2 Å². The number of fused-ring (bicyclic) bond motifs is 1. The average molecular weight is 389 g/mol. The van der Waals surface area contributed by atoms with Gasteiger partial charge in [-0.25, -0.2) is 4.39 Å². The monoisotopic (exact) mass is 389 g/mol. The molecule has 2 atom stereocenters. The van der Waals surface area contributed by atoms with Crippen LogP contribution >= 0.6 is 11.9 Å². The van der Waals surface area contributed by atoms with E-state index in [2.05, 4.69) is 15.0 Å². The number of carbonyl (C=O) groups excluding carboxylic acids is 1. The molecule has 0 spiro atoms. The van der Waals surface area contributed by atoms with Gasteiger partial charge < -0.3 is 10.0 Å². The molecule has 1 saturated carbocycles. The molecule has 3 rings (SSSR count). The number of aliphatic imine (C=N–C) groups is 1. The van der Waals surface area contributed by atoms with E-state index < -0.39 is 29.0 Å². The van der Waals surface area contributed by atoms with Crippen molar-refractivity contribution in [2.24, 2.45) is 10.9 Å². The number of nitrogens with one attached hydrogen (secondary N) is 2. The van der Waals surface area contributed by atoms with Gasteiger partial charge in [0.05, 0.1) is 17.7 Å². The number of alkyl halides is 3. The quantitative estimate of drug-likeness (QED) is 0.468. The summed E-state index contributed by atoms with van der Waals surface area (Å²) in [5.41, 5.74) is -1.87. The van der Waals surface area contributed by atoms with Crippen molar-refractivity contribution in [3.63, 3.8) is 0 Å². The highest BCUT2D eigenvalue weighted by atomic mass is 32.2. The topological polar surface area (TPSA) is 53.5 Å². The minimum absolute atomic E-state index is 0.0832. The highest BCUT2D eigenvalue weighted by Gasteiger charge is 2.36. The van der Waals surface area contributed by atoms with Crippen LogP contribution in [0.1, 0.15) is 41.6 Å². The van der Waals surface area contributed by atoms with E-state index in [1.807, 2.05) is 0 Å². The summed E-state index contributed by atoms with van der Waals surface area (Å²) >= 11 is 1.67. The van der Waals surface area contributed by atoms with Gasteiger partial charge in [-0.05, 0) is 43.0 Å². The lowest BCUT2D eigenvalue weighted by atomic mass is 9.88. The molecule has 26 heavy (non-hydrogen) atoms. The standard InChI is InChI=1S/C17H19F4N3OS/c18-10-5-6-13(17(19,20)21)12(9-10)16(25)23-8-7-22-15-11-3-1-2-4-14(11)26-24-15/h5-6,9,11,14H,1-4,7-8H2,(H,22,24)(H,23,25). The third kappa shape index (κ3) is 4.31. The second kappa shape index (κ2) is 7.85. The number of amidine groups is 1. The van der Waals surface area contributed by atoms with Crippen LogP contribution in [0, 0.1) is 11.7 Å². The summed E-state index contributed by atoms with van der Waals surface area (Å²) in [6, 6.07) is 1.87. The molecule has 0 radical (unpaired) electrons. The Morgan fingerprint density at radius 3 is 2.85 bits per heavy atom. The summed E-state index contributed by atoms with van der Waals surface area (Å²) in [5.74, 6) is -0.555. The first-order valence-electron chi connectivity index (χ1n) is 8.47. The fourth-order valence-corrected chi connectivity index (χ4v) is 4.51. The van der Waals surface area contributed by atoms with Gasteiger partial charge in [-0.3, -0.25) is 9.79 Å². The molecule has 1 aliphatic carbocycles. The van der Waals surface area contributed by atoms with E-state index in [4.69, 9.17) is 0 Å². The van der Waals surface area contributed by atoms with Crippen LogP contribution in [-0.2, 0) is 6.18 Å². The Balaban J connectivity index is 1.58. The first kappa shape index (κ1) is 19.0. The van der Waals surface area contributed by atoms with E-state index in [9.17, 15) is 22.4 Å². The van der Waals surface area contributed by atoms with Crippen molar-refractivity contribution in [3.8, 4) is 0 Å². The maximum atomic E-state index is 13.3. The van der Waals surface area contributed by atoms with Crippen LogP contribution in [0.5, 0.6) is 0 Å². The van der Waals surface area contributed by atoms with Crippen molar-refractivity contribution in [2.75, 3.05) is 13.1 Å². The molecule has 1 amide bonds. The average Bonchev–Trinajstić information content (AvgIpc) is 3.00. The first-order chi connectivity index (χ1) is 12.4. The third-order valence-corrected chi connectivity index (χ3v) is 5.77. The second-order valence-corrected chi connectivity index (χ2v) is 7.41. The number of halogens is 4. The van der Waals surface area contributed by atoms with Crippen LogP contribution in [-0.4, -0.2) is 30.1 Å². The number of benzene rings is 1. The molecular weight excluding hydrogens is 370 g/mol. The summed E-state index contributed by atoms with van der Waals surface area (Å²) in [6.45, 7) is 0.342. The van der Waals surface area contributed by atoms with Crippen molar-refractivity contribution in [2.45, 2.75) is 37.1 Å². The predicted octanol–water partition coefficient (Wildman–Crippen LogP) is 3.78. The molecule has 2 fully saturated rings. The summed E-state index contributed by atoms with van der Waals surface area (Å²) < 4.78 is 55.3. The van der Waals surface area contributed by atoms with Gasteiger partial charge in [0, 0.05) is 17.7 Å². The molecule has 2 aliphatic rings. The highest BCUT2D eigenvalue weighted by Crippen LogP contribution is 2.37. The zero-order chi connectivity index (χ0) is 18.7. The molecule has 1 saturated heterocycles. The molecule has 1 heterocycles. The number of hydrogen-bond acceptors (Lipinski definition) is 3. The predicted molar refractivity (Wildman–Crippen MR) is 92.5 cm³/mol. The molecular formula is C17H19F4N3OS. The number of carbonyl (C=O) groups is 1. The van der Waals surface area contributed by atoms with Crippen molar-refractivity contribution in [1.29, 1.82) is 0 Å². The molecule has 142 valence electrons. The molecule has 2 N–H and O–H groups in total. The summed E-state index contributed by atoms with van der Waals surface area (Å²) in [4.78, 5) is 16.5. The van der Waals surface area contributed by atoms with Crippen LogP contribution < -0.4 is 10.0 Å². The van der Waals surface area contributed by atoms with Gasteiger partial charge in [0.1, 0.15) is 11.7 Å². The molecule has 0 aromatic heterocycles. The fourth-order valence-electron chi connectivity index (χ4n) is 3.30. The minimum atomic E-state index is -4.72. The van der Waals surface area contributed by atoms with E-state index in [1.165, 1.54) is 12.8 Å². The highest BCUT2D eigenvalue weighted by molar-refractivity contribution is 7.99. The number of amides is 1. The minimum Gasteiger partial charge on any atom is -0.350 e. The summed E-state index contributed by atoms with van der Waals surface area (Å²) in [5, 5.41) is 2.91. The van der Waals surface area contributed by atoms with E-state index in [-0.39, 0.29) is 13.1 Å².